The SMILES string of the molecule is COc1cc2c(c(F)c1OCCCOc1c(O)cc3sc(C(=O)CC(C)C(=O)O)cc3c1Cl)CN(C(=O)CC(C)C(=O)O)C2. The fraction of sp³-hybridized carbons (Fsp3) is 0.400. The molecule has 0 saturated heterocycles. The molecule has 14 heteroatoms. The summed E-state index contributed by atoms with van der Waals surface area (Å²) in [5, 5.41) is 29.2. The van der Waals surface area contributed by atoms with Crippen LogP contribution >= 0.6 is 22.9 Å². The lowest BCUT2D eigenvalue weighted by molar-refractivity contribution is -0.145. The standard InChI is InChI=1S/C30H31ClFNO10S/c1-14(29(37)38)7-19(34)23-10-17-22(44-23)11-20(35)27(25(17)31)42-5-4-6-43-28-21(41-3)9-16-12-33(13-18(16)26(28)32)24(36)8-15(2)30(39)40/h9-11,14-15,35H,4-8,12-13H2,1-3H3,(H,37,38)(H,39,40). The Morgan fingerprint density at radius 2 is 1.64 bits per heavy atom. The molecular weight excluding hydrogens is 621 g/mol. The first kappa shape index (κ1) is 32.8. The van der Waals surface area contributed by atoms with E-state index in [0.29, 0.717) is 20.5 Å². The molecule has 0 saturated carbocycles. The van der Waals surface area contributed by atoms with Crippen molar-refractivity contribution >= 4 is 56.7 Å². The van der Waals surface area contributed by atoms with Crippen LogP contribution < -0.4 is 14.2 Å². The number of thiophene rings is 1. The van der Waals surface area contributed by atoms with Crippen molar-refractivity contribution in [1.82, 2.24) is 4.90 Å². The van der Waals surface area contributed by atoms with Gasteiger partial charge in [0.25, 0.3) is 0 Å². The number of fused-ring (bicyclic) bond motifs is 2. The number of nitrogens with zero attached hydrogens (tertiary/aromatic N) is 1. The van der Waals surface area contributed by atoms with Crippen molar-refractivity contribution in [2.45, 2.75) is 46.2 Å². The lowest BCUT2D eigenvalue weighted by Gasteiger charge is -2.16. The monoisotopic (exact) mass is 651 g/mol. The van der Waals surface area contributed by atoms with Crippen molar-refractivity contribution in [3.8, 4) is 23.0 Å². The van der Waals surface area contributed by atoms with Crippen LogP contribution in [0.1, 0.15) is 53.9 Å². The summed E-state index contributed by atoms with van der Waals surface area (Å²) in [4.78, 5) is 49.0. The number of benzene rings is 2. The molecule has 1 amide bonds. The number of methoxy groups -OCH3 is 1. The van der Waals surface area contributed by atoms with E-state index >= 15 is 4.39 Å². The van der Waals surface area contributed by atoms with Gasteiger partial charge in [0.1, 0.15) is 0 Å². The molecule has 0 spiro atoms. The zero-order chi connectivity index (χ0) is 32.3. The number of ether oxygens (including phenoxy) is 3. The van der Waals surface area contributed by atoms with E-state index < -0.39 is 35.5 Å². The van der Waals surface area contributed by atoms with E-state index in [0.717, 1.165) is 11.3 Å². The second kappa shape index (κ2) is 13.7. The Balaban J connectivity index is 1.38. The van der Waals surface area contributed by atoms with Crippen molar-refractivity contribution in [2.75, 3.05) is 20.3 Å². The summed E-state index contributed by atoms with van der Waals surface area (Å²) in [6.07, 6.45) is -0.117. The lowest BCUT2D eigenvalue weighted by atomic mass is 10.0. The molecule has 0 aliphatic carbocycles. The Kier molecular flexibility index (Phi) is 10.2. The highest BCUT2D eigenvalue weighted by Gasteiger charge is 2.31. The normalized spacial score (nSPS) is 13.8. The largest absolute Gasteiger partial charge is 0.504 e. The first-order chi connectivity index (χ1) is 20.8. The molecule has 1 aliphatic rings. The van der Waals surface area contributed by atoms with Crippen LogP contribution in [0.3, 0.4) is 0 Å². The van der Waals surface area contributed by atoms with Crippen molar-refractivity contribution in [1.29, 1.82) is 0 Å². The summed E-state index contributed by atoms with van der Waals surface area (Å²) < 4.78 is 32.7. The molecule has 2 unspecified atom stereocenters. The van der Waals surface area contributed by atoms with Crippen LogP contribution in [0, 0.1) is 17.7 Å². The van der Waals surface area contributed by atoms with Gasteiger partial charge in [0, 0.05) is 54.1 Å². The number of halogens is 2. The van der Waals surface area contributed by atoms with Crippen LogP contribution in [0.25, 0.3) is 10.1 Å². The zero-order valence-corrected chi connectivity index (χ0v) is 25.7. The number of carbonyl (C=O) groups excluding carboxylic acids is 2. The minimum Gasteiger partial charge on any atom is -0.504 e. The van der Waals surface area contributed by atoms with Gasteiger partial charge < -0.3 is 34.4 Å². The molecule has 4 rings (SSSR count). The number of rotatable bonds is 14. The van der Waals surface area contributed by atoms with E-state index in [-0.39, 0.29) is 84.9 Å². The maximum Gasteiger partial charge on any atom is 0.306 e. The number of hydrogen-bond donors (Lipinski definition) is 3. The summed E-state index contributed by atoms with van der Waals surface area (Å²) >= 11 is 7.57. The number of hydrogen-bond acceptors (Lipinski definition) is 9. The minimum atomic E-state index is -1.09. The number of phenols is 1. The van der Waals surface area contributed by atoms with Crippen LogP contribution in [-0.4, -0.2) is 64.2 Å². The molecule has 0 bridgehead atoms. The summed E-state index contributed by atoms with van der Waals surface area (Å²) in [7, 11) is 1.36. The molecule has 11 nitrogen and oxygen atoms in total. The molecular formula is C30H31ClFNO10S. The second-order valence-electron chi connectivity index (χ2n) is 10.5. The third-order valence-electron chi connectivity index (χ3n) is 7.23. The molecule has 2 heterocycles. The highest BCUT2D eigenvalue weighted by Crippen LogP contribution is 2.44. The number of aliphatic carboxylic acids is 2. The van der Waals surface area contributed by atoms with Gasteiger partial charge in [0.15, 0.2) is 34.6 Å². The molecule has 3 N–H and O–H groups in total. The van der Waals surface area contributed by atoms with Crippen molar-refractivity contribution < 1.29 is 53.1 Å². The number of carbonyl (C=O) groups is 4. The van der Waals surface area contributed by atoms with Crippen molar-refractivity contribution in [3.63, 3.8) is 0 Å². The van der Waals surface area contributed by atoms with Gasteiger partial charge in [0.2, 0.25) is 5.91 Å². The average Bonchev–Trinajstić information content (AvgIpc) is 3.60. The number of aromatic hydroxyl groups is 1. The van der Waals surface area contributed by atoms with Gasteiger partial charge >= 0.3 is 11.9 Å². The Bertz CT molecular complexity index is 1620. The molecule has 3 aromatic rings. The maximum absolute atomic E-state index is 15.5. The highest BCUT2D eigenvalue weighted by molar-refractivity contribution is 7.21. The molecule has 0 radical (unpaired) electrons. The number of phenolic OH excluding ortho intramolecular Hbond substituents is 1. The number of carboxylic acid groups (broad SMARTS) is 2. The quantitative estimate of drug-likeness (QED) is 0.150. The van der Waals surface area contributed by atoms with Gasteiger partial charge in [0.05, 0.1) is 42.1 Å². The average molecular weight is 652 g/mol. The van der Waals surface area contributed by atoms with E-state index in [1.165, 1.54) is 31.9 Å². The molecule has 236 valence electrons. The minimum absolute atomic E-state index is 0.00173. The van der Waals surface area contributed by atoms with Crippen molar-refractivity contribution in [2.24, 2.45) is 11.8 Å². The van der Waals surface area contributed by atoms with Crippen molar-refractivity contribution in [3.05, 3.63) is 45.0 Å². The van der Waals surface area contributed by atoms with Gasteiger partial charge in [-0.15, -0.1) is 11.3 Å². The predicted molar refractivity (Wildman–Crippen MR) is 158 cm³/mol. The number of Topliss-reactive ketones (excluding diaryl/α,β-unsaturated/α-hetero) is 1. The van der Waals surface area contributed by atoms with Crippen LogP contribution in [-0.2, 0) is 27.5 Å². The fourth-order valence-electron chi connectivity index (χ4n) is 4.66. The molecule has 2 atom stereocenters. The number of amides is 1. The van der Waals surface area contributed by atoms with Crippen LogP contribution in [0.2, 0.25) is 5.02 Å². The zero-order valence-electron chi connectivity index (χ0n) is 24.1. The Morgan fingerprint density at radius 3 is 2.27 bits per heavy atom. The van der Waals surface area contributed by atoms with Crippen LogP contribution in [0.15, 0.2) is 18.2 Å². The molecule has 0 fully saturated rings. The Labute approximate surface area is 260 Å². The summed E-state index contributed by atoms with van der Waals surface area (Å²) in [5.74, 6) is -5.52. The maximum atomic E-state index is 15.5. The van der Waals surface area contributed by atoms with Crippen LogP contribution in [0.4, 0.5) is 4.39 Å². The Hall–Kier alpha value is -4.10. The summed E-state index contributed by atoms with van der Waals surface area (Å²) in [6, 6.07) is 4.54. The predicted octanol–water partition coefficient (Wildman–Crippen LogP) is 5.50. The van der Waals surface area contributed by atoms with Gasteiger partial charge in [-0.05, 0) is 17.7 Å². The van der Waals surface area contributed by atoms with Gasteiger partial charge in [-0.3, -0.25) is 19.2 Å². The summed E-state index contributed by atoms with van der Waals surface area (Å²) in [6.45, 7) is 3.01. The first-order valence-electron chi connectivity index (χ1n) is 13.7. The van der Waals surface area contributed by atoms with Gasteiger partial charge in [-0.2, -0.15) is 0 Å². The smallest absolute Gasteiger partial charge is 0.306 e. The second-order valence-corrected chi connectivity index (χ2v) is 12.0. The van der Waals surface area contributed by atoms with E-state index in [1.54, 1.807) is 12.1 Å². The topological polar surface area (TPSA) is 160 Å². The first-order valence-corrected chi connectivity index (χ1v) is 14.9. The molecule has 1 aromatic heterocycles. The molecule has 2 aromatic carbocycles. The van der Waals surface area contributed by atoms with Crippen LogP contribution in [0.5, 0.6) is 23.0 Å². The third kappa shape index (κ3) is 6.99. The molecule has 1 aliphatic heterocycles. The highest BCUT2D eigenvalue weighted by atomic mass is 35.5. The van der Waals surface area contributed by atoms with E-state index in [1.807, 2.05) is 0 Å². The number of carboxylic acids is 2. The van der Waals surface area contributed by atoms with Gasteiger partial charge in [-0.25, -0.2) is 4.39 Å². The fourth-order valence-corrected chi connectivity index (χ4v) is 6.07. The van der Waals surface area contributed by atoms with E-state index in [4.69, 9.17) is 36.0 Å². The molecule has 44 heavy (non-hydrogen) atoms. The Morgan fingerprint density at radius 1 is 1.00 bits per heavy atom. The van der Waals surface area contributed by atoms with E-state index in [2.05, 4.69) is 0 Å². The summed E-state index contributed by atoms with van der Waals surface area (Å²) in [5.41, 5.74) is 0.811. The number of ketones is 1. The third-order valence-corrected chi connectivity index (χ3v) is 8.73. The van der Waals surface area contributed by atoms with Gasteiger partial charge in [-0.1, -0.05) is 25.4 Å². The van der Waals surface area contributed by atoms with E-state index in [9.17, 15) is 24.3 Å². The lowest BCUT2D eigenvalue weighted by Crippen LogP contribution is -2.28.